The first kappa shape index (κ1) is 14.6. The number of aromatic amines is 1. The number of H-pyrrole nitrogens is 1. The Morgan fingerprint density at radius 2 is 2.09 bits per heavy atom. The predicted molar refractivity (Wildman–Crippen MR) is 82.8 cm³/mol. The summed E-state index contributed by atoms with van der Waals surface area (Å²) in [7, 11) is 0. The van der Waals surface area contributed by atoms with Gasteiger partial charge >= 0.3 is 0 Å². The zero-order valence-corrected chi connectivity index (χ0v) is 12.4. The third kappa shape index (κ3) is 3.47. The molecular formula is C15H13ClN4O2. The van der Waals surface area contributed by atoms with Crippen LogP contribution in [-0.2, 0) is 17.8 Å². The molecule has 0 aliphatic carbocycles. The lowest BCUT2D eigenvalue weighted by molar-refractivity contribution is 0.118. The van der Waals surface area contributed by atoms with Crippen molar-refractivity contribution in [3.05, 3.63) is 63.4 Å². The highest BCUT2D eigenvalue weighted by molar-refractivity contribution is 6.30. The van der Waals surface area contributed by atoms with Crippen LogP contribution in [0.2, 0.25) is 5.02 Å². The topological polar surface area (TPSA) is 80.8 Å². The van der Waals surface area contributed by atoms with E-state index >= 15 is 0 Å². The molecule has 112 valence electrons. The molecule has 0 aliphatic rings. The molecule has 0 saturated carbocycles. The van der Waals surface area contributed by atoms with E-state index in [1.165, 1.54) is 12.4 Å². The number of hydrogen-bond donors (Lipinski definition) is 1. The van der Waals surface area contributed by atoms with Crippen molar-refractivity contribution >= 4 is 22.8 Å². The van der Waals surface area contributed by atoms with Crippen molar-refractivity contribution in [2.45, 2.75) is 13.0 Å². The molecule has 0 atom stereocenters. The molecule has 1 N–H and O–H groups in total. The van der Waals surface area contributed by atoms with Crippen LogP contribution in [0.15, 0.2) is 41.5 Å². The van der Waals surface area contributed by atoms with Crippen molar-refractivity contribution in [3.8, 4) is 0 Å². The van der Waals surface area contributed by atoms with Crippen LogP contribution in [0.3, 0.4) is 0 Å². The Morgan fingerprint density at radius 3 is 2.95 bits per heavy atom. The van der Waals surface area contributed by atoms with Gasteiger partial charge in [0, 0.05) is 17.4 Å². The maximum absolute atomic E-state index is 11.8. The average Bonchev–Trinajstić information content (AvgIpc) is 2.52. The first-order valence-corrected chi connectivity index (χ1v) is 7.12. The maximum atomic E-state index is 11.8. The molecule has 0 radical (unpaired) electrons. The van der Waals surface area contributed by atoms with Gasteiger partial charge in [-0.25, -0.2) is 15.0 Å². The fourth-order valence-electron chi connectivity index (χ4n) is 2.04. The van der Waals surface area contributed by atoms with E-state index in [-0.39, 0.29) is 17.7 Å². The molecule has 3 aromatic rings. The number of benzene rings is 1. The van der Waals surface area contributed by atoms with Crippen molar-refractivity contribution in [1.82, 2.24) is 19.9 Å². The molecule has 0 amide bonds. The van der Waals surface area contributed by atoms with Crippen molar-refractivity contribution < 1.29 is 4.74 Å². The van der Waals surface area contributed by atoms with Crippen LogP contribution < -0.4 is 5.56 Å². The Kier molecular flexibility index (Phi) is 4.41. The smallest absolute Gasteiger partial charge is 0.279 e. The summed E-state index contributed by atoms with van der Waals surface area (Å²) in [6.45, 7) is 0.713. The Morgan fingerprint density at radius 1 is 1.23 bits per heavy atom. The van der Waals surface area contributed by atoms with Crippen LogP contribution in [0.1, 0.15) is 11.4 Å². The Bertz CT molecular complexity index is 850. The van der Waals surface area contributed by atoms with Crippen LogP contribution in [0, 0.1) is 0 Å². The molecule has 0 fully saturated rings. The van der Waals surface area contributed by atoms with E-state index in [0.717, 1.165) is 12.0 Å². The fourth-order valence-corrected chi connectivity index (χ4v) is 2.25. The van der Waals surface area contributed by atoms with E-state index in [4.69, 9.17) is 16.3 Å². The fraction of sp³-hybridized carbons (Fsp3) is 0.200. The quantitative estimate of drug-likeness (QED) is 0.729. The van der Waals surface area contributed by atoms with Crippen molar-refractivity contribution in [3.63, 3.8) is 0 Å². The number of nitrogens with zero attached hydrogens (tertiary/aromatic N) is 3. The van der Waals surface area contributed by atoms with Gasteiger partial charge in [-0.1, -0.05) is 23.7 Å². The van der Waals surface area contributed by atoms with E-state index in [1.54, 1.807) is 0 Å². The second-order valence-corrected chi connectivity index (χ2v) is 5.11. The molecule has 3 rings (SSSR count). The van der Waals surface area contributed by atoms with E-state index < -0.39 is 0 Å². The molecule has 0 aliphatic heterocycles. The molecule has 2 aromatic heterocycles. The molecule has 6 nitrogen and oxygen atoms in total. The van der Waals surface area contributed by atoms with Crippen molar-refractivity contribution in [2.24, 2.45) is 0 Å². The van der Waals surface area contributed by atoms with Gasteiger partial charge in [-0.15, -0.1) is 0 Å². The van der Waals surface area contributed by atoms with Gasteiger partial charge in [0.2, 0.25) is 0 Å². The number of fused-ring (bicyclic) bond motifs is 1. The molecule has 22 heavy (non-hydrogen) atoms. The average molecular weight is 317 g/mol. The number of hydrogen-bond acceptors (Lipinski definition) is 5. The van der Waals surface area contributed by atoms with Crippen molar-refractivity contribution in [2.75, 3.05) is 6.61 Å². The van der Waals surface area contributed by atoms with Crippen LogP contribution >= 0.6 is 11.6 Å². The lowest BCUT2D eigenvalue weighted by Crippen LogP contribution is -2.15. The normalized spacial score (nSPS) is 11.0. The van der Waals surface area contributed by atoms with Crippen LogP contribution in [0.25, 0.3) is 11.2 Å². The molecule has 0 bridgehead atoms. The molecular weight excluding hydrogens is 304 g/mol. The lowest BCUT2D eigenvalue weighted by Gasteiger charge is -2.05. The highest BCUT2D eigenvalue weighted by atomic mass is 35.5. The molecule has 0 unspecified atom stereocenters. The van der Waals surface area contributed by atoms with Gasteiger partial charge in [-0.2, -0.15) is 0 Å². The second-order valence-electron chi connectivity index (χ2n) is 4.67. The number of halogens is 1. The molecule has 2 heterocycles. The van der Waals surface area contributed by atoms with Crippen molar-refractivity contribution in [1.29, 1.82) is 0 Å². The van der Waals surface area contributed by atoms with E-state index in [1.807, 2.05) is 24.3 Å². The summed E-state index contributed by atoms with van der Waals surface area (Å²) in [5.74, 6) is 0.434. The summed E-state index contributed by atoms with van der Waals surface area (Å²) in [6, 6.07) is 7.62. The first-order valence-electron chi connectivity index (χ1n) is 6.74. The predicted octanol–water partition coefficient (Wildman–Crippen LogP) is 2.13. The summed E-state index contributed by atoms with van der Waals surface area (Å²) in [5, 5.41) is 0.705. The molecule has 7 heteroatoms. The summed E-state index contributed by atoms with van der Waals surface area (Å²) >= 11 is 5.92. The van der Waals surface area contributed by atoms with Gasteiger partial charge in [0.25, 0.3) is 5.56 Å². The lowest BCUT2D eigenvalue weighted by atomic mass is 10.2. The van der Waals surface area contributed by atoms with E-state index in [2.05, 4.69) is 19.9 Å². The zero-order valence-electron chi connectivity index (χ0n) is 11.6. The highest BCUT2D eigenvalue weighted by Crippen LogP contribution is 2.11. The van der Waals surface area contributed by atoms with E-state index in [0.29, 0.717) is 23.1 Å². The minimum Gasteiger partial charge on any atom is -0.373 e. The second kappa shape index (κ2) is 6.64. The van der Waals surface area contributed by atoms with Gasteiger partial charge < -0.3 is 9.72 Å². The van der Waals surface area contributed by atoms with Crippen LogP contribution in [0.4, 0.5) is 0 Å². The molecule has 0 saturated heterocycles. The number of ether oxygens (including phenoxy) is 1. The summed E-state index contributed by atoms with van der Waals surface area (Å²) in [4.78, 5) is 26.7. The summed E-state index contributed by atoms with van der Waals surface area (Å²) in [6.07, 6.45) is 3.69. The van der Waals surface area contributed by atoms with Gasteiger partial charge in [0.05, 0.1) is 6.61 Å². The van der Waals surface area contributed by atoms with Gasteiger partial charge in [-0.05, 0) is 24.1 Å². The summed E-state index contributed by atoms with van der Waals surface area (Å²) in [5.41, 5.74) is 1.33. The number of aromatic nitrogens is 4. The minimum absolute atomic E-state index is 0.211. The third-order valence-electron chi connectivity index (χ3n) is 3.06. The largest absolute Gasteiger partial charge is 0.373 e. The van der Waals surface area contributed by atoms with Gasteiger partial charge in [0.1, 0.15) is 12.4 Å². The Labute approximate surface area is 131 Å². The molecule has 1 aromatic carbocycles. The third-order valence-corrected chi connectivity index (χ3v) is 3.29. The zero-order chi connectivity index (χ0) is 15.4. The monoisotopic (exact) mass is 316 g/mol. The minimum atomic E-state index is -0.313. The number of rotatable bonds is 5. The number of nitrogens with one attached hydrogen (secondary N) is 1. The Balaban J connectivity index is 1.61. The van der Waals surface area contributed by atoms with Gasteiger partial charge in [0.15, 0.2) is 11.2 Å². The van der Waals surface area contributed by atoms with E-state index in [9.17, 15) is 4.79 Å². The van der Waals surface area contributed by atoms with Crippen LogP contribution in [-0.4, -0.2) is 26.5 Å². The standard InChI is InChI=1S/C15H13ClN4O2/c16-11-3-1-2-10(8-11)4-7-22-9-12-19-14-13(15(21)20-12)17-5-6-18-14/h1-3,5-6,8H,4,7,9H2,(H,18,19,20,21). The SMILES string of the molecule is O=c1[nH]c(COCCc2cccc(Cl)c2)nc2nccnc12. The highest BCUT2D eigenvalue weighted by Gasteiger charge is 2.05. The molecule has 0 spiro atoms. The van der Waals surface area contributed by atoms with Crippen LogP contribution in [0.5, 0.6) is 0 Å². The van der Waals surface area contributed by atoms with Gasteiger partial charge in [-0.3, -0.25) is 4.79 Å². The Hall–Kier alpha value is -2.31. The summed E-state index contributed by atoms with van der Waals surface area (Å²) < 4.78 is 5.54. The first-order chi connectivity index (χ1) is 10.7. The maximum Gasteiger partial charge on any atom is 0.279 e.